The van der Waals surface area contributed by atoms with Gasteiger partial charge in [-0.05, 0) is 24.6 Å². The molecular weight excluding hydrogens is 415 g/mol. The Morgan fingerprint density at radius 1 is 1.28 bits per heavy atom. The normalized spacial score (nSPS) is 16.4. The van der Waals surface area contributed by atoms with Crippen LogP contribution < -0.4 is 5.32 Å². The number of rotatable bonds is 7. The van der Waals surface area contributed by atoms with Gasteiger partial charge in [0.15, 0.2) is 6.10 Å². The first kappa shape index (κ1) is 23.1. The summed E-state index contributed by atoms with van der Waals surface area (Å²) in [6.45, 7) is 3.00. The number of carboxylic acids is 1. The molecule has 1 aromatic carbocycles. The highest BCUT2D eigenvalue weighted by molar-refractivity contribution is 6.30. The summed E-state index contributed by atoms with van der Waals surface area (Å²) in [5.74, 6) is -0.913. The minimum absolute atomic E-state index is 0.0386. The van der Waals surface area contributed by atoms with Crippen molar-refractivity contribution in [1.82, 2.24) is 9.80 Å². The van der Waals surface area contributed by atoms with Gasteiger partial charge in [0.05, 0.1) is 6.42 Å². The van der Waals surface area contributed by atoms with Gasteiger partial charge in [-0.3, -0.25) is 9.69 Å². The SMILES string of the molecule is CC(OC(=O)N1CCN(Cc2ccc(Cl)cc2NCCC(=O)O)CC1)C(F)(F)F. The zero-order valence-electron chi connectivity index (χ0n) is 15.8. The Morgan fingerprint density at radius 3 is 2.52 bits per heavy atom. The predicted octanol–water partition coefficient (Wildman–Crippen LogP) is 3.43. The second-order valence-electron chi connectivity index (χ2n) is 6.70. The zero-order valence-corrected chi connectivity index (χ0v) is 16.6. The van der Waals surface area contributed by atoms with Gasteiger partial charge < -0.3 is 20.1 Å². The quantitative estimate of drug-likeness (QED) is 0.680. The predicted molar refractivity (Wildman–Crippen MR) is 101 cm³/mol. The molecule has 0 saturated carbocycles. The third kappa shape index (κ3) is 7.28. The fourth-order valence-electron chi connectivity index (χ4n) is 2.78. The highest BCUT2D eigenvalue weighted by Crippen LogP contribution is 2.25. The highest BCUT2D eigenvalue weighted by Gasteiger charge is 2.40. The molecule has 11 heteroatoms. The van der Waals surface area contributed by atoms with Gasteiger partial charge >= 0.3 is 18.2 Å². The fraction of sp³-hybridized carbons (Fsp3) is 0.556. The van der Waals surface area contributed by atoms with Crippen molar-refractivity contribution in [3.8, 4) is 0 Å². The number of carboxylic acid groups (broad SMARTS) is 1. The minimum atomic E-state index is -4.59. The van der Waals surface area contributed by atoms with Crippen LogP contribution in [0.2, 0.25) is 5.02 Å². The molecule has 0 spiro atoms. The average molecular weight is 438 g/mol. The number of halogens is 4. The number of amides is 1. The maximum Gasteiger partial charge on any atom is 0.425 e. The maximum atomic E-state index is 12.5. The number of hydrogen-bond donors (Lipinski definition) is 2. The molecule has 7 nitrogen and oxygen atoms in total. The summed E-state index contributed by atoms with van der Waals surface area (Å²) in [6, 6.07) is 5.27. The van der Waals surface area contributed by atoms with Crippen molar-refractivity contribution in [2.45, 2.75) is 32.2 Å². The van der Waals surface area contributed by atoms with E-state index in [9.17, 15) is 22.8 Å². The Balaban J connectivity index is 1.89. The van der Waals surface area contributed by atoms with Crippen LogP contribution in [0.15, 0.2) is 18.2 Å². The number of alkyl halides is 3. The number of anilines is 1. The Hall–Kier alpha value is -2.20. The van der Waals surface area contributed by atoms with Crippen molar-refractivity contribution < 1.29 is 32.6 Å². The summed E-state index contributed by atoms with van der Waals surface area (Å²) >= 11 is 6.02. The minimum Gasteiger partial charge on any atom is -0.481 e. The van der Waals surface area contributed by atoms with E-state index in [4.69, 9.17) is 16.7 Å². The first-order chi connectivity index (χ1) is 13.6. The summed E-state index contributed by atoms with van der Waals surface area (Å²) in [5.41, 5.74) is 1.63. The van der Waals surface area contributed by atoms with E-state index in [1.165, 1.54) is 4.90 Å². The van der Waals surface area contributed by atoms with Gasteiger partial charge in [-0.15, -0.1) is 0 Å². The lowest BCUT2D eigenvalue weighted by Gasteiger charge is -2.35. The topological polar surface area (TPSA) is 82.1 Å². The molecule has 1 heterocycles. The average Bonchev–Trinajstić information content (AvgIpc) is 2.63. The first-order valence-electron chi connectivity index (χ1n) is 9.05. The summed E-state index contributed by atoms with van der Waals surface area (Å²) in [5, 5.41) is 12.3. The molecule has 0 aromatic heterocycles. The van der Waals surface area contributed by atoms with Gasteiger partial charge in [0, 0.05) is 50.0 Å². The van der Waals surface area contributed by atoms with Crippen LogP contribution in [0.4, 0.5) is 23.7 Å². The largest absolute Gasteiger partial charge is 0.481 e. The standard InChI is InChI=1S/C18H23ClF3N3O4/c1-12(18(20,21)22)29-17(28)25-8-6-24(7-9-25)11-13-2-3-14(19)10-15(13)23-5-4-16(26)27/h2-3,10,12,23H,4-9,11H2,1H3,(H,26,27). The molecule has 1 atom stereocenters. The third-order valence-corrected chi connectivity index (χ3v) is 4.72. The lowest BCUT2D eigenvalue weighted by molar-refractivity contribution is -0.200. The molecule has 2 rings (SSSR count). The lowest BCUT2D eigenvalue weighted by Crippen LogP contribution is -2.49. The zero-order chi connectivity index (χ0) is 21.6. The number of ether oxygens (including phenoxy) is 1. The van der Waals surface area contributed by atoms with E-state index >= 15 is 0 Å². The molecule has 1 aromatic rings. The smallest absolute Gasteiger partial charge is 0.425 e. The van der Waals surface area contributed by atoms with E-state index in [1.807, 2.05) is 11.0 Å². The number of carbonyl (C=O) groups is 2. The van der Waals surface area contributed by atoms with Crippen molar-refractivity contribution in [3.63, 3.8) is 0 Å². The Morgan fingerprint density at radius 2 is 1.93 bits per heavy atom. The summed E-state index contributed by atoms with van der Waals surface area (Å²) in [7, 11) is 0. The molecule has 1 unspecified atom stereocenters. The Kier molecular flexibility index (Phi) is 7.97. The van der Waals surface area contributed by atoms with Crippen molar-refractivity contribution in [3.05, 3.63) is 28.8 Å². The number of piperazine rings is 1. The molecule has 1 amide bonds. The van der Waals surface area contributed by atoms with Gasteiger partial charge in [-0.2, -0.15) is 13.2 Å². The van der Waals surface area contributed by atoms with E-state index in [2.05, 4.69) is 10.1 Å². The Labute approximate surface area is 171 Å². The van der Waals surface area contributed by atoms with Crippen molar-refractivity contribution >= 4 is 29.4 Å². The van der Waals surface area contributed by atoms with Crippen molar-refractivity contribution in [2.24, 2.45) is 0 Å². The van der Waals surface area contributed by atoms with E-state index in [-0.39, 0.29) is 26.1 Å². The van der Waals surface area contributed by atoms with Gasteiger partial charge in [0.2, 0.25) is 0 Å². The first-order valence-corrected chi connectivity index (χ1v) is 9.43. The summed E-state index contributed by atoms with van der Waals surface area (Å²) < 4.78 is 42.1. The number of nitrogens with one attached hydrogen (secondary N) is 1. The van der Waals surface area contributed by atoms with E-state index < -0.39 is 24.3 Å². The summed E-state index contributed by atoms with van der Waals surface area (Å²) in [6.07, 6.45) is -7.75. The maximum absolute atomic E-state index is 12.5. The number of nitrogens with zero attached hydrogens (tertiary/aromatic N) is 2. The van der Waals surface area contributed by atoms with E-state index in [1.54, 1.807) is 12.1 Å². The third-order valence-electron chi connectivity index (χ3n) is 4.49. The number of hydrogen-bond acceptors (Lipinski definition) is 5. The molecule has 1 aliphatic rings. The van der Waals surface area contributed by atoms with Crippen LogP contribution >= 0.6 is 11.6 Å². The monoisotopic (exact) mass is 437 g/mol. The van der Waals surface area contributed by atoms with Gasteiger partial charge in [-0.25, -0.2) is 4.79 Å². The molecule has 0 bridgehead atoms. The fourth-order valence-corrected chi connectivity index (χ4v) is 2.95. The van der Waals surface area contributed by atoms with Crippen LogP contribution in [-0.4, -0.2) is 72.0 Å². The molecular formula is C18H23ClF3N3O4. The van der Waals surface area contributed by atoms with Crippen molar-refractivity contribution in [2.75, 3.05) is 38.0 Å². The van der Waals surface area contributed by atoms with Gasteiger partial charge in [0.25, 0.3) is 0 Å². The molecule has 29 heavy (non-hydrogen) atoms. The van der Waals surface area contributed by atoms with Crippen LogP contribution in [0.1, 0.15) is 18.9 Å². The molecule has 0 aliphatic carbocycles. The van der Waals surface area contributed by atoms with Gasteiger partial charge in [0.1, 0.15) is 0 Å². The molecule has 2 N–H and O–H groups in total. The van der Waals surface area contributed by atoms with Crippen LogP contribution in [0.3, 0.4) is 0 Å². The van der Waals surface area contributed by atoms with Gasteiger partial charge in [-0.1, -0.05) is 17.7 Å². The number of benzene rings is 1. The van der Waals surface area contributed by atoms with Crippen LogP contribution in [0.25, 0.3) is 0 Å². The molecule has 162 valence electrons. The van der Waals surface area contributed by atoms with Crippen LogP contribution in [-0.2, 0) is 16.1 Å². The van der Waals surface area contributed by atoms with E-state index in [0.717, 1.165) is 18.2 Å². The molecule has 0 radical (unpaired) electrons. The van der Waals surface area contributed by atoms with E-state index in [0.29, 0.717) is 24.7 Å². The molecule has 1 aliphatic heterocycles. The second-order valence-corrected chi connectivity index (χ2v) is 7.14. The molecule has 1 saturated heterocycles. The highest BCUT2D eigenvalue weighted by atomic mass is 35.5. The summed E-state index contributed by atoms with van der Waals surface area (Å²) in [4.78, 5) is 25.9. The number of carbonyl (C=O) groups excluding carboxylic acids is 1. The van der Waals surface area contributed by atoms with Crippen molar-refractivity contribution in [1.29, 1.82) is 0 Å². The Bertz CT molecular complexity index is 725. The second kappa shape index (κ2) is 10.0. The molecule has 1 fully saturated rings. The van der Waals surface area contributed by atoms with Crippen LogP contribution in [0.5, 0.6) is 0 Å². The van der Waals surface area contributed by atoms with Crippen LogP contribution in [0, 0.1) is 0 Å². The lowest BCUT2D eigenvalue weighted by atomic mass is 10.1. The number of aliphatic carboxylic acids is 1.